The van der Waals surface area contributed by atoms with Crippen LogP contribution in [0.4, 0.5) is 0 Å². The molecule has 0 spiro atoms. The molecule has 1 aliphatic carbocycles. The van der Waals surface area contributed by atoms with Crippen LogP contribution in [0.5, 0.6) is 0 Å². The first-order chi connectivity index (χ1) is 18.4. The molecule has 6 heteroatoms. The molecule has 6 nitrogen and oxygen atoms in total. The fraction of sp³-hybridized carbons (Fsp3) is 0.0323. The first kappa shape index (κ1) is 21.2. The molecule has 7 rings (SSSR count). The molecule has 6 aromatic rings. The molecule has 2 heterocycles. The fourth-order valence-corrected chi connectivity index (χ4v) is 5.58. The molecule has 0 saturated carbocycles. The van der Waals surface area contributed by atoms with E-state index < -0.39 is 5.41 Å². The quantitative estimate of drug-likeness (QED) is 0.322. The SMILES string of the molecule is c1cc(-c2ncncn2)cc(C2(c3cccc(-c4ncncn4)c3)c3ccccc3-c3ccccc32)c1. The van der Waals surface area contributed by atoms with Gasteiger partial charge in [-0.05, 0) is 45.5 Å². The Morgan fingerprint density at radius 2 is 0.865 bits per heavy atom. The normalized spacial score (nSPS) is 13.1. The van der Waals surface area contributed by atoms with E-state index in [0.717, 1.165) is 22.3 Å². The molecule has 4 aromatic carbocycles. The summed E-state index contributed by atoms with van der Waals surface area (Å²) in [5.41, 5.74) is 8.52. The van der Waals surface area contributed by atoms with E-state index in [0.29, 0.717) is 11.6 Å². The van der Waals surface area contributed by atoms with Crippen molar-refractivity contribution in [1.29, 1.82) is 0 Å². The zero-order valence-electron chi connectivity index (χ0n) is 19.7. The minimum Gasteiger partial charge on any atom is -0.225 e. The average Bonchev–Trinajstić information content (AvgIpc) is 3.30. The van der Waals surface area contributed by atoms with Gasteiger partial charge in [0.05, 0.1) is 5.41 Å². The molecule has 0 aliphatic heterocycles. The van der Waals surface area contributed by atoms with E-state index in [4.69, 9.17) is 0 Å². The van der Waals surface area contributed by atoms with Crippen LogP contribution in [-0.2, 0) is 5.41 Å². The Bertz CT molecular complexity index is 1600. The van der Waals surface area contributed by atoms with Crippen LogP contribution in [0.15, 0.2) is 122 Å². The number of hydrogen-bond donors (Lipinski definition) is 0. The lowest BCUT2D eigenvalue weighted by atomic mass is 9.67. The monoisotopic (exact) mass is 476 g/mol. The Morgan fingerprint density at radius 3 is 1.32 bits per heavy atom. The summed E-state index contributed by atoms with van der Waals surface area (Å²) >= 11 is 0. The first-order valence-corrected chi connectivity index (χ1v) is 12.0. The van der Waals surface area contributed by atoms with Crippen molar-refractivity contribution in [2.24, 2.45) is 0 Å². The zero-order valence-corrected chi connectivity index (χ0v) is 19.7. The van der Waals surface area contributed by atoms with Gasteiger partial charge in [-0.3, -0.25) is 0 Å². The molecule has 0 N–H and O–H groups in total. The van der Waals surface area contributed by atoms with Crippen LogP contribution >= 0.6 is 0 Å². The first-order valence-electron chi connectivity index (χ1n) is 12.0. The molecule has 0 amide bonds. The summed E-state index contributed by atoms with van der Waals surface area (Å²) in [5.74, 6) is 1.29. The van der Waals surface area contributed by atoms with Gasteiger partial charge in [-0.25, -0.2) is 29.9 Å². The maximum absolute atomic E-state index is 4.41. The molecule has 1 aliphatic rings. The van der Waals surface area contributed by atoms with Gasteiger partial charge in [-0.1, -0.05) is 84.9 Å². The van der Waals surface area contributed by atoms with E-state index in [1.807, 2.05) is 12.1 Å². The second-order valence-corrected chi connectivity index (χ2v) is 8.93. The van der Waals surface area contributed by atoms with Crippen LogP contribution in [0.25, 0.3) is 33.9 Å². The van der Waals surface area contributed by atoms with Crippen molar-refractivity contribution in [2.75, 3.05) is 0 Å². The predicted molar refractivity (Wildman–Crippen MR) is 141 cm³/mol. The standard InChI is InChI=1S/C31H20N6/c1-3-13-27-25(11-1)26-12-2-4-14-28(26)31(27,23-9-5-7-21(15-23)29-34-17-32-18-35-29)24-10-6-8-22(16-24)30-36-19-33-20-37-30/h1-20H. The van der Waals surface area contributed by atoms with E-state index in [2.05, 4.69) is 115 Å². The third-order valence-corrected chi connectivity index (χ3v) is 7.05. The predicted octanol–water partition coefficient (Wildman–Crippen LogP) is 5.75. The lowest BCUT2D eigenvalue weighted by Gasteiger charge is -2.34. The van der Waals surface area contributed by atoms with E-state index in [9.17, 15) is 0 Å². The highest BCUT2D eigenvalue weighted by Crippen LogP contribution is 2.56. The molecule has 0 saturated heterocycles. The van der Waals surface area contributed by atoms with Gasteiger partial charge in [-0.15, -0.1) is 0 Å². The van der Waals surface area contributed by atoms with Crippen molar-refractivity contribution >= 4 is 0 Å². The number of rotatable bonds is 4. The van der Waals surface area contributed by atoms with Crippen molar-refractivity contribution in [1.82, 2.24) is 29.9 Å². The maximum Gasteiger partial charge on any atom is 0.162 e. The summed E-state index contributed by atoms with van der Waals surface area (Å²) in [5, 5.41) is 0. The molecule has 174 valence electrons. The number of aromatic nitrogens is 6. The van der Waals surface area contributed by atoms with Crippen LogP contribution in [0, 0.1) is 0 Å². The largest absolute Gasteiger partial charge is 0.225 e. The zero-order chi connectivity index (χ0) is 24.7. The fourth-order valence-electron chi connectivity index (χ4n) is 5.58. The highest BCUT2D eigenvalue weighted by molar-refractivity contribution is 5.87. The molecule has 37 heavy (non-hydrogen) atoms. The highest BCUT2D eigenvalue weighted by Gasteiger charge is 2.46. The summed E-state index contributed by atoms with van der Waals surface area (Å²) in [6.45, 7) is 0. The van der Waals surface area contributed by atoms with Crippen molar-refractivity contribution in [3.05, 3.63) is 145 Å². The van der Waals surface area contributed by atoms with Gasteiger partial charge in [0.1, 0.15) is 25.3 Å². The van der Waals surface area contributed by atoms with Crippen molar-refractivity contribution in [3.8, 4) is 33.9 Å². The number of nitrogens with zero attached hydrogens (tertiary/aromatic N) is 6. The van der Waals surface area contributed by atoms with Gasteiger partial charge in [0.2, 0.25) is 0 Å². The van der Waals surface area contributed by atoms with Crippen LogP contribution in [0.2, 0.25) is 0 Å². The molecular formula is C31H20N6. The van der Waals surface area contributed by atoms with E-state index in [1.54, 1.807) is 0 Å². The maximum atomic E-state index is 4.41. The van der Waals surface area contributed by atoms with Crippen molar-refractivity contribution in [3.63, 3.8) is 0 Å². The Labute approximate surface area is 213 Å². The number of fused-ring (bicyclic) bond motifs is 3. The average molecular weight is 477 g/mol. The van der Waals surface area contributed by atoms with Gasteiger partial charge in [0.15, 0.2) is 11.6 Å². The van der Waals surface area contributed by atoms with Crippen LogP contribution in [0.3, 0.4) is 0 Å². The minimum atomic E-state index is -0.556. The van der Waals surface area contributed by atoms with Gasteiger partial charge >= 0.3 is 0 Å². The Hall–Kier alpha value is -5.10. The van der Waals surface area contributed by atoms with Crippen LogP contribution < -0.4 is 0 Å². The summed E-state index contributed by atoms with van der Waals surface area (Å²) in [4.78, 5) is 25.6. The van der Waals surface area contributed by atoms with Gasteiger partial charge in [0, 0.05) is 11.1 Å². The molecule has 2 aromatic heterocycles. The van der Waals surface area contributed by atoms with Gasteiger partial charge < -0.3 is 0 Å². The smallest absolute Gasteiger partial charge is 0.162 e. The third kappa shape index (κ3) is 3.27. The van der Waals surface area contributed by atoms with Gasteiger partial charge in [0.25, 0.3) is 0 Å². The Balaban J connectivity index is 1.56. The second-order valence-electron chi connectivity index (χ2n) is 8.93. The molecular weight excluding hydrogens is 456 g/mol. The highest BCUT2D eigenvalue weighted by atomic mass is 15.0. The lowest BCUT2D eigenvalue weighted by Crippen LogP contribution is -2.28. The number of hydrogen-bond acceptors (Lipinski definition) is 6. The molecule has 0 radical (unpaired) electrons. The van der Waals surface area contributed by atoms with E-state index in [-0.39, 0.29) is 0 Å². The molecule has 0 atom stereocenters. The summed E-state index contributed by atoms with van der Waals surface area (Å²) < 4.78 is 0. The Kier molecular flexibility index (Phi) is 4.89. The third-order valence-electron chi connectivity index (χ3n) is 7.05. The molecule has 0 fully saturated rings. The second kappa shape index (κ2) is 8.53. The molecule has 0 unspecified atom stereocenters. The summed E-state index contributed by atoms with van der Waals surface area (Å²) in [6, 6.07) is 34.4. The summed E-state index contributed by atoms with van der Waals surface area (Å²) in [7, 11) is 0. The van der Waals surface area contributed by atoms with E-state index >= 15 is 0 Å². The number of benzene rings is 4. The summed E-state index contributed by atoms with van der Waals surface area (Å²) in [6.07, 6.45) is 6.12. The van der Waals surface area contributed by atoms with Crippen molar-refractivity contribution in [2.45, 2.75) is 5.41 Å². The topological polar surface area (TPSA) is 77.3 Å². The van der Waals surface area contributed by atoms with Crippen LogP contribution in [0.1, 0.15) is 22.3 Å². The van der Waals surface area contributed by atoms with Crippen molar-refractivity contribution < 1.29 is 0 Å². The van der Waals surface area contributed by atoms with E-state index in [1.165, 1.54) is 47.6 Å². The van der Waals surface area contributed by atoms with Crippen LogP contribution in [-0.4, -0.2) is 29.9 Å². The molecule has 0 bridgehead atoms. The Morgan fingerprint density at radius 1 is 0.432 bits per heavy atom. The minimum absolute atomic E-state index is 0.556. The lowest BCUT2D eigenvalue weighted by molar-refractivity contribution is 0.768. The van der Waals surface area contributed by atoms with Gasteiger partial charge in [-0.2, -0.15) is 0 Å².